The molecule has 1 fully saturated rings. The van der Waals surface area contributed by atoms with Gasteiger partial charge in [0.25, 0.3) is 0 Å². The molecule has 2 nitrogen and oxygen atoms in total. The normalized spacial score (nSPS) is 26.0. The topological polar surface area (TPSA) is 21.3 Å². The second-order valence-corrected chi connectivity index (χ2v) is 5.06. The molecule has 0 heterocycles. The number of unbranched alkanes of at least 4 members (excludes halogenated alkanes) is 1. The molecule has 90 valence electrons. The third kappa shape index (κ3) is 6.39. The van der Waals surface area contributed by atoms with Crippen LogP contribution in [0.15, 0.2) is 0 Å². The summed E-state index contributed by atoms with van der Waals surface area (Å²) in [6, 6.07) is 0. The van der Waals surface area contributed by atoms with Crippen molar-refractivity contribution in [2.24, 2.45) is 5.92 Å². The minimum absolute atomic E-state index is 0.428. The molecule has 0 aromatic rings. The highest BCUT2D eigenvalue weighted by Crippen LogP contribution is 2.28. The quantitative estimate of drug-likeness (QED) is 0.514. The van der Waals surface area contributed by atoms with E-state index in [9.17, 15) is 0 Å². The Morgan fingerprint density at radius 1 is 1.33 bits per heavy atom. The average molecular weight is 234 g/mol. The van der Waals surface area contributed by atoms with Gasteiger partial charge in [0.1, 0.15) is 0 Å². The predicted molar refractivity (Wildman–Crippen MR) is 65.6 cm³/mol. The summed E-state index contributed by atoms with van der Waals surface area (Å²) in [5.74, 6) is 0.795. The van der Waals surface area contributed by atoms with Gasteiger partial charge in [-0.05, 0) is 38.1 Å². The third-order valence-electron chi connectivity index (χ3n) is 2.98. The van der Waals surface area contributed by atoms with E-state index in [0.29, 0.717) is 5.38 Å². The van der Waals surface area contributed by atoms with Crippen molar-refractivity contribution < 1.29 is 4.74 Å². The summed E-state index contributed by atoms with van der Waals surface area (Å²) in [5.41, 5.74) is 0. The molecule has 1 rings (SSSR count). The number of rotatable bonds is 8. The lowest BCUT2D eigenvalue weighted by molar-refractivity contribution is 0.132. The van der Waals surface area contributed by atoms with Crippen molar-refractivity contribution in [3.8, 4) is 0 Å². The van der Waals surface area contributed by atoms with Crippen LogP contribution < -0.4 is 5.32 Å². The zero-order valence-corrected chi connectivity index (χ0v) is 10.6. The minimum Gasteiger partial charge on any atom is -0.380 e. The largest absolute Gasteiger partial charge is 0.380 e. The van der Waals surface area contributed by atoms with Crippen LogP contribution in [0.2, 0.25) is 0 Å². The van der Waals surface area contributed by atoms with Crippen LogP contribution in [0.4, 0.5) is 0 Å². The smallest absolute Gasteiger partial charge is 0.0590 e. The maximum absolute atomic E-state index is 6.05. The lowest BCUT2D eigenvalue weighted by Gasteiger charge is -2.10. The molecule has 2 unspecified atom stereocenters. The summed E-state index contributed by atoms with van der Waals surface area (Å²) in [5, 5.41) is 3.87. The molecule has 0 spiro atoms. The zero-order valence-electron chi connectivity index (χ0n) is 9.80. The number of ether oxygens (including phenoxy) is 1. The summed E-state index contributed by atoms with van der Waals surface area (Å²) in [4.78, 5) is 0. The van der Waals surface area contributed by atoms with Crippen molar-refractivity contribution in [2.75, 3.05) is 26.3 Å². The van der Waals surface area contributed by atoms with Crippen LogP contribution in [0.25, 0.3) is 0 Å². The van der Waals surface area contributed by atoms with Gasteiger partial charge in [-0.3, -0.25) is 0 Å². The highest BCUT2D eigenvalue weighted by molar-refractivity contribution is 6.20. The highest BCUT2D eigenvalue weighted by atomic mass is 35.5. The van der Waals surface area contributed by atoms with Gasteiger partial charge in [0, 0.05) is 18.5 Å². The Morgan fingerprint density at radius 2 is 2.20 bits per heavy atom. The molecule has 1 aliphatic carbocycles. The van der Waals surface area contributed by atoms with Gasteiger partial charge in [-0.25, -0.2) is 0 Å². The van der Waals surface area contributed by atoms with Crippen molar-refractivity contribution in [1.29, 1.82) is 0 Å². The lowest BCUT2D eigenvalue weighted by atomic mass is 10.1. The molecule has 0 aliphatic heterocycles. The van der Waals surface area contributed by atoms with E-state index in [1.165, 1.54) is 32.1 Å². The second-order valence-electron chi connectivity index (χ2n) is 4.45. The Bertz CT molecular complexity index is 155. The van der Waals surface area contributed by atoms with Crippen LogP contribution in [0.3, 0.4) is 0 Å². The Labute approximate surface area is 98.7 Å². The highest BCUT2D eigenvalue weighted by Gasteiger charge is 2.21. The van der Waals surface area contributed by atoms with Crippen molar-refractivity contribution in [2.45, 2.75) is 44.4 Å². The second kappa shape index (κ2) is 8.37. The fraction of sp³-hybridized carbons (Fsp3) is 1.00. The van der Waals surface area contributed by atoms with Crippen LogP contribution >= 0.6 is 11.6 Å². The number of alkyl halides is 1. The fourth-order valence-corrected chi connectivity index (χ4v) is 2.38. The van der Waals surface area contributed by atoms with Gasteiger partial charge >= 0.3 is 0 Å². The third-order valence-corrected chi connectivity index (χ3v) is 3.37. The number of hydrogen-bond acceptors (Lipinski definition) is 2. The van der Waals surface area contributed by atoms with E-state index < -0.39 is 0 Å². The Morgan fingerprint density at radius 3 is 2.87 bits per heavy atom. The van der Waals surface area contributed by atoms with E-state index >= 15 is 0 Å². The van der Waals surface area contributed by atoms with Gasteiger partial charge in [-0.2, -0.15) is 0 Å². The molecule has 0 amide bonds. The molecular formula is C12H24ClNO. The fourth-order valence-electron chi connectivity index (χ4n) is 2.00. The average Bonchev–Trinajstić information content (AvgIpc) is 2.63. The van der Waals surface area contributed by atoms with Gasteiger partial charge < -0.3 is 10.1 Å². The Hall–Kier alpha value is 0.210. The van der Waals surface area contributed by atoms with Crippen LogP contribution in [-0.4, -0.2) is 31.7 Å². The van der Waals surface area contributed by atoms with Crippen molar-refractivity contribution in [3.05, 3.63) is 0 Å². The Balaban J connectivity index is 1.81. The molecule has 0 aromatic heterocycles. The first kappa shape index (κ1) is 13.3. The summed E-state index contributed by atoms with van der Waals surface area (Å²) < 4.78 is 5.47. The van der Waals surface area contributed by atoms with Gasteiger partial charge in [0.05, 0.1) is 6.61 Å². The molecule has 2 atom stereocenters. The molecule has 0 saturated heterocycles. The van der Waals surface area contributed by atoms with Gasteiger partial charge in [-0.1, -0.05) is 13.3 Å². The van der Waals surface area contributed by atoms with E-state index in [0.717, 1.165) is 32.2 Å². The summed E-state index contributed by atoms with van der Waals surface area (Å²) in [6.45, 7) is 6.03. The van der Waals surface area contributed by atoms with E-state index in [2.05, 4.69) is 12.2 Å². The first-order chi connectivity index (χ1) is 7.33. The lowest BCUT2D eigenvalue weighted by Crippen LogP contribution is -2.25. The maximum Gasteiger partial charge on any atom is 0.0590 e. The zero-order chi connectivity index (χ0) is 10.9. The van der Waals surface area contributed by atoms with E-state index in [1.807, 2.05) is 0 Å². The molecular weight excluding hydrogens is 210 g/mol. The van der Waals surface area contributed by atoms with Crippen molar-refractivity contribution in [1.82, 2.24) is 5.32 Å². The van der Waals surface area contributed by atoms with E-state index in [-0.39, 0.29) is 0 Å². The summed E-state index contributed by atoms with van der Waals surface area (Å²) in [6.07, 6.45) is 6.06. The van der Waals surface area contributed by atoms with Crippen LogP contribution in [0.1, 0.15) is 39.0 Å². The predicted octanol–water partition coefficient (Wildman–Crippen LogP) is 2.80. The Kier molecular flexibility index (Phi) is 7.41. The SMILES string of the molecule is CCCCOCCNCC1CCC(Cl)C1. The molecule has 1 aliphatic rings. The molecule has 1 saturated carbocycles. The van der Waals surface area contributed by atoms with Crippen LogP contribution in [0, 0.1) is 5.92 Å². The first-order valence-corrected chi connectivity index (χ1v) is 6.69. The van der Waals surface area contributed by atoms with E-state index in [4.69, 9.17) is 16.3 Å². The maximum atomic E-state index is 6.05. The molecule has 1 N–H and O–H groups in total. The number of hydrogen-bond donors (Lipinski definition) is 1. The van der Waals surface area contributed by atoms with Crippen LogP contribution in [-0.2, 0) is 4.74 Å². The molecule has 15 heavy (non-hydrogen) atoms. The minimum atomic E-state index is 0.428. The molecule has 0 bridgehead atoms. The standard InChI is InChI=1S/C12H24ClNO/c1-2-3-7-15-8-6-14-10-11-4-5-12(13)9-11/h11-12,14H,2-10H2,1H3. The number of halogens is 1. The van der Waals surface area contributed by atoms with E-state index in [1.54, 1.807) is 0 Å². The van der Waals surface area contributed by atoms with Crippen molar-refractivity contribution in [3.63, 3.8) is 0 Å². The van der Waals surface area contributed by atoms with Crippen molar-refractivity contribution >= 4 is 11.6 Å². The van der Waals surface area contributed by atoms with Gasteiger partial charge in [0.15, 0.2) is 0 Å². The van der Waals surface area contributed by atoms with Crippen LogP contribution in [0.5, 0.6) is 0 Å². The summed E-state index contributed by atoms with van der Waals surface area (Å²) >= 11 is 6.05. The molecule has 0 radical (unpaired) electrons. The monoisotopic (exact) mass is 233 g/mol. The van der Waals surface area contributed by atoms with Gasteiger partial charge in [0.2, 0.25) is 0 Å². The van der Waals surface area contributed by atoms with Gasteiger partial charge in [-0.15, -0.1) is 11.6 Å². The first-order valence-electron chi connectivity index (χ1n) is 6.25. The summed E-state index contributed by atoms with van der Waals surface area (Å²) in [7, 11) is 0. The molecule has 0 aromatic carbocycles. The molecule has 3 heteroatoms. The number of nitrogens with one attached hydrogen (secondary N) is 1.